The first-order valence-electron chi connectivity index (χ1n) is 10.0. The fourth-order valence-electron chi connectivity index (χ4n) is 3.63. The summed E-state index contributed by atoms with van der Waals surface area (Å²) in [6, 6.07) is 6.81. The number of nitrogens with one attached hydrogen (secondary N) is 1. The van der Waals surface area contributed by atoms with Crippen LogP contribution in [0, 0.1) is 17.1 Å². The molecule has 0 spiro atoms. The van der Waals surface area contributed by atoms with E-state index in [4.69, 9.17) is 33.2 Å². The van der Waals surface area contributed by atoms with Gasteiger partial charge in [0.1, 0.15) is 11.9 Å². The smallest absolute Gasteiger partial charge is 0.414 e. The van der Waals surface area contributed by atoms with Gasteiger partial charge >= 0.3 is 6.09 Å². The van der Waals surface area contributed by atoms with Crippen molar-refractivity contribution in [2.75, 3.05) is 36.0 Å². The number of carbonyl (C=O) groups excluding carboxylic acids is 2. The van der Waals surface area contributed by atoms with E-state index in [0.29, 0.717) is 30.9 Å². The van der Waals surface area contributed by atoms with Crippen molar-refractivity contribution in [1.82, 2.24) is 5.32 Å². The van der Waals surface area contributed by atoms with Crippen LogP contribution in [0.2, 0.25) is 0 Å². The van der Waals surface area contributed by atoms with E-state index in [-0.39, 0.29) is 13.1 Å². The molecule has 2 amide bonds. The van der Waals surface area contributed by atoms with E-state index < -0.39 is 28.8 Å². The number of halogens is 3. The number of allylic oxidation sites excluding steroid dienone is 1. The lowest BCUT2D eigenvalue weighted by molar-refractivity contribution is -0.119. The van der Waals surface area contributed by atoms with Crippen molar-refractivity contribution in [3.63, 3.8) is 0 Å². The van der Waals surface area contributed by atoms with Gasteiger partial charge in [-0.05, 0) is 37.5 Å². The van der Waals surface area contributed by atoms with Gasteiger partial charge in [-0.25, -0.2) is 9.18 Å². The zero-order chi connectivity index (χ0) is 22.4. The third-order valence-corrected chi connectivity index (χ3v) is 5.65. The first-order chi connectivity index (χ1) is 14.9. The number of unbranched alkanes of at least 4 members (excludes halogenated alkanes) is 1. The second-order valence-corrected chi connectivity index (χ2v) is 8.44. The van der Waals surface area contributed by atoms with Gasteiger partial charge in [0.15, 0.2) is 4.84 Å². The number of amides is 2. The number of piperidine rings is 1. The number of nitriles is 1. The predicted octanol–water partition coefficient (Wildman–Crippen LogP) is 3.90. The Morgan fingerprint density at radius 3 is 2.77 bits per heavy atom. The van der Waals surface area contributed by atoms with Gasteiger partial charge in [-0.3, -0.25) is 9.69 Å². The maximum atomic E-state index is 14.8. The number of hydrogen-bond donors (Lipinski definition) is 1. The molecule has 0 radical (unpaired) electrons. The zero-order valence-corrected chi connectivity index (χ0v) is 18.3. The predicted molar refractivity (Wildman–Crippen MR) is 117 cm³/mol. The van der Waals surface area contributed by atoms with Crippen molar-refractivity contribution in [2.24, 2.45) is 0 Å². The van der Waals surface area contributed by atoms with E-state index in [1.807, 2.05) is 4.90 Å². The van der Waals surface area contributed by atoms with Crippen LogP contribution < -0.4 is 15.1 Å². The number of hydrogen-bond acceptors (Lipinski definition) is 5. The highest BCUT2D eigenvalue weighted by Crippen LogP contribution is 2.30. The van der Waals surface area contributed by atoms with Gasteiger partial charge in [-0.2, -0.15) is 5.26 Å². The van der Waals surface area contributed by atoms with Crippen LogP contribution in [0.4, 0.5) is 20.6 Å². The highest BCUT2D eigenvalue weighted by molar-refractivity contribution is 6.53. The molecule has 10 heteroatoms. The molecule has 0 aliphatic carbocycles. The highest BCUT2D eigenvalue weighted by atomic mass is 35.5. The van der Waals surface area contributed by atoms with Crippen LogP contribution in [-0.2, 0) is 9.53 Å². The van der Waals surface area contributed by atoms with Crippen LogP contribution in [0.5, 0.6) is 0 Å². The Bertz CT molecular complexity index is 893. The quantitative estimate of drug-likeness (QED) is 0.372. The molecule has 0 bridgehead atoms. The highest BCUT2D eigenvalue weighted by Gasteiger charge is 2.33. The molecule has 0 aromatic heterocycles. The van der Waals surface area contributed by atoms with Crippen molar-refractivity contribution in [1.29, 1.82) is 5.26 Å². The van der Waals surface area contributed by atoms with Gasteiger partial charge in [-0.15, -0.1) is 0 Å². The second-order valence-electron chi connectivity index (χ2n) is 7.34. The number of alkyl halides is 2. The number of cyclic esters (lactones) is 1. The lowest BCUT2D eigenvalue weighted by Gasteiger charge is -2.31. The summed E-state index contributed by atoms with van der Waals surface area (Å²) in [4.78, 5) is 25.7. The molecule has 0 saturated carbocycles. The minimum atomic E-state index is -1.20. The van der Waals surface area contributed by atoms with Crippen molar-refractivity contribution < 1.29 is 18.7 Å². The molecule has 2 aliphatic heterocycles. The van der Waals surface area contributed by atoms with Gasteiger partial charge in [0, 0.05) is 19.5 Å². The molecular weight excluding hydrogens is 446 g/mol. The molecule has 1 aromatic rings. The summed E-state index contributed by atoms with van der Waals surface area (Å²) in [6.45, 7) is 1.64. The molecule has 166 valence electrons. The lowest BCUT2D eigenvalue weighted by Crippen LogP contribution is -2.37. The maximum Gasteiger partial charge on any atom is 0.414 e. The van der Waals surface area contributed by atoms with Crippen molar-refractivity contribution in [3.8, 4) is 6.07 Å². The number of carbonyl (C=O) groups is 2. The van der Waals surface area contributed by atoms with Gasteiger partial charge < -0.3 is 15.0 Å². The Balaban J connectivity index is 1.58. The Morgan fingerprint density at radius 2 is 2.13 bits per heavy atom. The number of ether oxygens (including phenoxy) is 1. The molecule has 7 nitrogen and oxygen atoms in total. The minimum Gasteiger partial charge on any atom is -0.442 e. The Morgan fingerprint density at radius 1 is 1.39 bits per heavy atom. The first kappa shape index (κ1) is 23.2. The normalized spacial score (nSPS) is 18.7. The Hall–Kier alpha value is -2.50. The van der Waals surface area contributed by atoms with Gasteiger partial charge in [0.2, 0.25) is 0 Å². The fourth-order valence-corrected chi connectivity index (χ4v) is 3.78. The van der Waals surface area contributed by atoms with E-state index in [0.717, 1.165) is 19.3 Å². The molecule has 31 heavy (non-hydrogen) atoms. The third-order valence-electron chi connectivity index (χ3n) is 5.25. The van der Waals surface area contributed by atoms with E-state index in [9.17, 15) is 14.0 Å². The average Bonchev–Trinajstić information content (AvgIpc) is 3.13. The summed E-state index contributed by atoms with van der Waals surface area (Å²) in [5, 5.41) is 11.1. The van der Waals surface area contributed by atoms with Crippen LogP contribution >= 0.6 is 23.2 Å². The summed E-state index contributed by atoms with van der Waals surface area (Å²) < 4.78 is 20.1. The Kier molecular flexibility index (Phi) is 7.99. The van der Waals surface area contributed by atoms with Crippen molar-refractivity contribution in [2.45, 2.75) is 36.6 Å². The van der Waals surface area contributed by atoms with E-state index in [1.54, 1.807) is 12.1 Å². The van der Waals surface area contributed by atoms with Gasteiger partial charge in [-0.1, -0.05) is 34.9 Å². The molecule has 2 fully saturated rings. The molecule has 2 aliphatic rings. The van der Waals surface area contributed by atoms with Crippen molar-refractivity contribution in [3.05, 3.63) is 35.7 Å². The fraction of sp³-hybridized carbons (Fsp3) is 0.476. The summed E-state index contributed by atoms with van der Waals surface area (Å²) in [5.41, 5.74) is 2.18. The molecule has 3 rings (SSSR count). The van der Waals surface area contributed by atoms with Crippen molar-refractivity contribution >= 4 is 46.6 Å². The molecule has 2 saturated heterocycles. The summed E-state index contributed by atoms with van der Waals surface area (Å²) in [5.74, 6) is -0.982. The average molecular weight is 469 g/mol. The van der Waals surface area contributed by atoms with Crippen LogP contribution in [-0.4, -0.2) is 49.1 Å². The summed E-state index contributed by atoms with van der Waals surface area (Å²) >= 11 is 10.9. The third kappa shape index (κ3) is 6.02. The largest absolute Gasteiger partial charge is 0.442 e. The SMILES string of the molecule is N#CCCC=C1CCN(c2ccc(N3CC(CNC(=O)C(Cl)Cl)OC3=O)cc2F)CC1. The van der Waals surface area contributed by atoms with Gasteiger partial charge in [0.25, 0.3) is 5.91 Å². The van der Waals surface area contributed by atoms with E-state index >= 15 is 0 Å². The lowest BCUT2D eigenvalue weighted by atomic mass is 10.0. The topological polar surface area (TPSA) is 85.7 Å². The van der Waals surface area contributed by atoms with E-state index in [1.165, 1.54) is 16.5 Å². The molecule has 1 unspecified atom stereocenters. The molecule has 1 atom stereocenters. The minimum absolute atomic E-state index is 0.0651. The molecule has 1 aromatic carbocycles. The molecule has 2 heterocycles. The summed E-state index contributed by atoms with van der Waals surface area (Å²) in [7, 11) is 0. The van der Waals surface area contributed by atoms with Crippen LogP contribution in [0.1, 0.15) is 25.7 Å². The number of anilines is 2. The zero-order valence-electron chi connectivity index (χ0n) is 16.8. The van der Waals surface area contributed by atoms with Crippen LogP contribution in [0.3, 0.4) is 0 Å². The molecular formula is C21H23Cl2FN4O3. The second kappa shape index (κ2) is 10.7. The van der Waals surface area contributed by atoms with Gasteiger partial charge in [0.05, 0.1) is 30.5 Å². The van der Waals surface area contributed by atoms with Crippen LogP contribution in [0.25, 0.3) is 0 Å². The monoisotopic (exact) mass is 468 g/mol. The maximum absolute atomic E-state index is 14.8. The Labute approximate surface area is 190 Å². The summed E-state index contributed by atoms with van der Waals surface area (Å²) in [6.07, 6.45) is 3.86. The number of benzene rings is 1. The van der Waals surface area contributed by atoms with E-state index in [2.05, 4.69) is 17.5 Å². The van der Waals surface area contributed by atoms with Crippen LogP contribution in [0.15, 0.2) is 29.8 Å². The first-order valence-corrected chi connectivity index (χ1v) is 10.9. The number of rotatable bonds is 7. The molecule has 1 N–H and O–H groups in total. The number of nitrogens with zero attached hydrogens (tertiary/aromatic N) is 3. The standard InChI is InChI=1S/C21H23Cl2FN4O3/c22-19(23)20(29)26-12-16-13-28(21(30)31-16)15-4-5-18(17(24)11-15)27-9-6-14(7-10-27)3-1-2-8-25/h3-5,11,16,19H,1-2,6-7,9-10,12-13H2,(H,26,29).